The van der Waals surface area contributed by atoms with Crippen molar-refractivity contribution in [3.05, 3.63) is 88.3 Å². The molecule has 4 rings (SSSR count). The average molecular weight is 633 g/mol. The van der Waals surface area contributed by atoms with Crippen LogP contribution in [0.25, 0.3) is 10.9 Å². The molecule has 0 unspecified atom stereocenters. The van der Waals surface area contributed by atoms with Crippen molar-refractivity contribution < 1.29 is 9.59 Å². The third kappa shape index (κ3) is 8.49. The van der Waals surface area contributed by atoms with E-state index in [1.54, 1.807) is 43.7 Å². The fourth-order valence-corrected chi connectivity index (χ4v) is 4.23. The molecule has 13 heteroatoms. The van der Waals surface area contributed by atoms with Crippen molar-refractivity contribution in [1.29, 1.82) is 0 Å². The molecule has 3 N–H and O–H groups in total. The number of aryl methyl sites for hydroxylation is 1. The lowest BCUT2D eigenvalue weighted by molar-refractivity contribution is -0.117. The van der Waals surface area contributed by atoms with Crippen molar-refractivity contribution in [2.45, 2.75) is 13.5 Å². The van der Waals surface area contributed by atoms with Gasteiger partial charge in [-0.25, -0.2) is 4.79 Å². The molecular weight excluding hydrogens is 606 g/mol. The van der Waals surface area contributed by atoms with Crippen LogP contribution in [-0.2, 0) is 11.3 Å². The molecule has 0 bridgehead atoms. The average Bonchev–Trinajstić information content (AvgIpc) is 2.87. The molecule has 2 heterocycles. The first-order valence-corrected chi connectivity index (χ1v) is 11.9. The maximum atomic E-state index is 12.8. The summed E-state index contributed by atoms with van der Waals surface area (Å²) in [6.45, 7) is 2.05. The smallest absolute Gasteiger partial charge is 0.319 e. The minimum absolute atomic E-state index is 0. The minimum atomic E-state index is -0.506. The molecule has 2 aromatic heterocycles. The number of likely N-dealkylation sites (N-methyl/N-ethyl adjacent to an activating group) is 1. The molecule has 0 aliphatic heterocycles. The number of hydrogen-bond donors (Lipinski definition) is 3. The largest absolute Gasteiger partial charge is 0.379 e. The predicted molar refractivity (Wildman–Crippen MR) is 167 cm³/mol. The van der Waals surface area contributed by atoms with Gasteiger partial charge in [0.25, 0.3) is 0 Å². The number of halogens is 5. The van der Waals surface area contributed by atoms with Gasteiger partial charge < -0.3 is 20.9 Å². The van der Waals surface area contributed by atoms with Crippen LogP contribution in [0.1, 0.15) is 11.3 Å². The van der Waals surface area contributed by atoms with E-state index in [9.17, 15) is 9.59 Å². The van der Waals surface area contributed by atoms with Crippen LogP contribution in [0, 0.1) is 6.92 Å². The highest BCUT2D eigenvalue weighted by Gasteiger charge is 2.19. The molecule has 0 aliphatic carbocycles. The quantitative estimate of drug-likeness (QED) is 0.206. The summed E-state index contributed by atoms with van der Waals surface area (Å²) in [6, 6.07) is 16.0. The van der Waals surface area contributed by atoms with Crippen molar-refractivity contribution >= 4 is 100 Å². The summed E-state index contributed by atoms with van der Waals surface area (Å²) >= 11 is 13.2. The Balaban J connectivity index is 0.00000253. The number of amides is 3. The normalized spacial score (nSPS) is 9.85. The third-order valence-corrected chi connectivity index (χ3v) is 6.33. The molecule has 8 nitrogen and oxygen atoms in total. The van der Waals surface area contributed by atoms with Gasteiger partial charge in [0, 0.05) is 53.3 Å². The summed E-state index contributed by atoms with van der Waals surface area (Å²) < 4.78 is 0. The molecule has 0 radical (unpaired) electrons. The number of aromatic nitrogens is 2. The zero-order chi connectivity index (χ0) is 25.7. The van der Waals surface area contributed by atoms with Crippen molar-refractivity contribution in [2.24, 2.45) is 0 Å². The van der Waals surface area contributed by atoms with Gasteiger partial charge in [-0.15, -0.1) is 37.2 Å². The lowest BCUT2D eigenvalue weighted by atomic mass is 10.1. The second-order valence-electron chi connectivity index (χ2n) is 8.04. The Bertz CT molecular complexity index is 1430. The van der Waals surface area contributed by atoms with Gasteiger partial charge in [-0.1, -0.05) is 41.4 Å². The Hall–Kier alpha value is -3.01. The predicted octanol–water partition coefficient (Wildman–Crippen LogP) is 6.91. The molecule has 39 heavy (non-hydrogen) atoms. The number of rotatable bonds is 7. The van der Waals surface area contributed by atoms with Crippen LogP contribution in [0.2, 0.25) is 10.0 Å². The molecule has 2 aromatic carbocycles. The van der Waals surface area contributed by atoms with E-state index in [1.807, 2.05) is 37.3 Å². The number of nitrogens with one attached hydrogen (secondary N) is 3. The molecule has 0 spiro atoms. The number of anilines is 3. The Kier molecular flexibility index (Phi) is 13.6. The monoisotopic (exact) mass is 630 g/mol. The number of pyridine rings is 2. The van der Waals surface area contributed by atoms with Gasteiger partial charge in [-0.3, -0.25) is 14.8 Å². The standard InChI is InChI=1S/C26H24Cl2N6O2.3ClH/c1-16-6-7-17-4-3-5-21(25(17)32-16)30-14-19-20(27)8-9-22(24(19)28)34(2)23(35)15-31-26(36)33-18-10-12-29-13-11-18;;;/h3-13,30H,14-15H2,1-2H3,(H2,29,31,33,36);3*1H. The number of urea groups is 1. The number of carbonyl (C=O) groups is 2. The first kappa shape index (κ1) is 34.0. The lowest BCUT2D eigenvalue weighted by Gasteiger charge is -2.21. The maximum Gasteiger partial charge on any atom is 0.319 e. The number of carbonyl (C=O) groups excluding carboxylic acids is 2. The molecule has 0 aliphatic rings. The van der Waals surface area contributed by atoms with Crippen molar-refractivity contribution in [1.82, 2.24) is 15.3 Å². The molecule has 3 amide bonds. The first-order valence-electron chi connectivity index (χ1n) is 11.1. The fraction of sp³-hybridized carbons (Fsp3) is 0.154. The highest BCUT2D eigenvalue weighted by Crippen LogP contribution is 2.34. The van der Waals surface area contributed by atoms with Crippen LogP contribution in [0.15, 0.2) is 67.0 Å². The van der Waals surface area contributed by atoms with Crippen molar-refractivity contribution in [3.63, 3.8) is 0 Å². The van der Waals surface area contributed by atoms with Gasteiger partial charge >= 0.3 is 6.03 Å². The lowest BCUT2D eigenvalue weighted by Crippen LogP contribution is -2.40. The highest BCUT2D eigenvalue weighted by atomic mass is 35.5. The van der Waals surface area contributed by atoms with E-state index < -0.39 is 6.03 Å². The van der Waals surface area contributed by atoms with Gasteiger partial charge in [-0.2, -0.15) is 0 Å². The van der Waals surface area contributed by atoms with E-state index in [4.69, 9.17) is 23.2 Å². The van der Waals surface area contributed by atoms with E-state index in [0.717, 1.165) is 22.3 Å². The van der Waals surface area contributed by atoms with Gasteiger partial charge in [0.2, 0.25) is 5.91 Å². The van der Waals surface area contributed by atoms with E-state index in [0.29, 0.717) is 33.5 Å². The maximum absolute atomic E-state index is 12.8. The number of nitrogens with zero attached hydrogens (tertiary/aromatic N) is 3. The van der Waals surface area contributed by atoms with Crippen molar-refractivity contribution in [2.75, 3.05) is 29.1 Å². The number of benzene rings is 2. The summed E-state index contributed by atoms with van der Waals surface area (Å²) in [6.07, 6.45) is 3.11. The SMILES string of the molecule is Cc1ccc2cccc(NCc3c(Cl)ccc(N(C)C(=O)CNC(=O)Nc4ccncc4)c3Cl)c2n1.Cl.Cl.Cl. The zero-order valence-electron chi connectivity index (χ0n) is 20.9. The molecule has 0 fully saturated rings. The van der Waals surface area contributed by atoms with Crippen LogP contribution in [0.5, 0.6) is 0 Å². The molecule has 0 saturated carbocycles. The Morgan fingerprint density at radius 2 is 1.67 bits per heavy atom. The van der Waals surface area contributed by atoms with Gasteiger partial charge in [-0.05, 0) is 43.3 Å². The van der Waals surface area contributed by atoms with Crippen LogP contribution in [-0.4, -0.2) is 35.5 Å². The van der Waals surface area contributed by atoms with Gasteiger partial charge in [0.05, 0.1) is 28.5 Å². The fourth-order valence-electron chi connectivity index (χ4n) is 3.60. The Morgan fingerprint density at radius 1 is 0.949 bits per heavy atom. The summed E-state index contributed by atoms with van der Waals surface area (Å²) in [5.41, 5.74) is 4.30. The van der Waals surface area contributed by atoms with E-state index in [-0.39, 0.29) is 49.7 Å². The Morgan fingerprint density at radius 3 is 2.38 bits per heavy atom. The van der Waals surface area contributed by atoms with Gasteiger partial charge in [0.15, 0.2) is 0 Å². The van der Waals surface area contributed by atoms with Gasteiger partial charge in [0.1, 0.15) is 0 Å². The molecule has 4 aromatic rings. The molecule has 0 saturated heterocycles. The van der Waals surface area contributed by atoms with E-state index in [2.05, 4.69) is 25.9 Å². The second kappa shape index (κ2) is 15.5. The van der Waals surface area contributed by atoms with Crippen LogP contribution >= 0.6 is 60.4 Å². The molecule has 0 atom stereocenters. The Labute approximate surface area is 255 Å². The van der Waals surface area contributed by atoms with Crippen LogP contribution in [0.4, 0.5) is 21.9 Å². The van der Waals surface area contributed by atoms with E-state index >= 15 is 0 Å². The topological polar surface area (TPSA) is 99.2 Å². The summed E-state index contributed by atoms with van der Waals surface area (Å²) in [7, 11) is 1.59. The molecular formula is C26H27Cl5N6O2. The highest BCUT2D eigenvalue weighted by molar-refractivity contribution is 6.38. The van der Waals surface area contributed by atoms with Crippen molar-refractivity contribution in [3.8, 4) is 0 Å². The summed E-state index contributed by atoms with van der Waals surface area (Å²) in [5.74, 6) is -0.350. The third-order valence-electron chi connectivity index (χ3n) is 5.55. The summed E-state index contributed by atoms with van der Waals surface area (Å²) in [5, 5.41) is 10.4. The zero-order valence-corrected chi connectivity index (χ0v) is 24.9. The first-order chi connectivity index (χ1) is 17.3. The summed E-state index contributed by atoms with van der Waals surface area (Å²) in [4.78, 5) is 34.8. The molecule has 208 valence electrons. The minimum Gasteiger partial charge on any atom is -0.379 e. The van der Waals surface area contributed by atoms with E-state index in [1.165, 1.54) is 4.90 Å². The number of fused-ring (bicyclic) bond motifs is 1. The number of para-hydroxylation sites is 1. The number of hydrogen-bond acceptors (Lipinski definition) is 5. The van der Waals surface area contributed by atoms with Crippen LogP contribution in [0.3, 0.4) is 0 Å². The second-order valence-corrected chi connectivity index (χ2v) is 8.82. The van der Waals surface area contributed by atoms with Crippen LogP contribution < -0.4 is 20.9 Å².